The van der Waals surface area contributed by atoms with Crippen molar-refractivity contribution >= 4 is 22.5 Å². The van der Waals surface area contributed by atoms with Gasteiger partial charge in [-0.3, -0.25) is 14.9 Å². The van der Waals surface area contributed by atoms with Gasteiger partial charge in [0.25, 0.3) is 5.91 Å². The van der Waals surface area contributed by atoms with Crippen LogP contribution in [0.15, 0.2) is 36.8 Å². The molecular weight excluding hydrogens is 373 g/mol. The third kappa shape index (κ3) is 4.71. The van der Waals surface area contributed by atoms with Gasteiger partial charge < -0.3 is 15.7 Å². The number of hydrogen-bond acceptors (Lipinski definition) is 5. The number of rotatable bonds is 7. The molecule has 2 aromatic heterocycles. The fourth-order valence-electron chi connectivity index (χ4n) is 2.92. The topological polar surface area (TPSA) is 103 Å². The van der Waals surface area contributed by atoms with Gasteiger partial charge in [-0.15, -0.1) is 0 Å². The van der Waals surface area contributed by atoms with E-state index in [-0.39, 0.29) is 12.6 Å². The van der Waals surface area contributed by atoms with E-state index in [1.165, 1.54) is 20.0 Å². The molecule has 1 amide bonds. The van der Waals surface area contributed by atoms with Crippen LogP contribution < -0.4 is 10.6 Å². The van der Waals surface area contributed by atoms with Crippen molar-refractivity contribution in [3.05, 3.63) is 42.4 Å². The van der Waals surface area contributed by atoms with Gasteiger partial charge in [-0.1, -0.05) is 6.07 Å². The standard InChI is InChI=1S/C21H26FN5O2/c1-12(2)27-19-15-7-13(14-8-25-26-9-14)5-6-17(15)23-10-16(19)20(28)24-11-18(22)21(3,4)29/h5-10,12,18,29H,11H2,1-4H3,(H,23,27)(H,24,28)(H,25,26). The van der Waals surface area contributed by atoms with Crippen molar-refractivity contribution in [3.63, 3.8) is 0 Å². The first kappa shape index (κ1) is 20.7. The first-order valence-electron chi connectivity index (χ1n) is 9.50. The largest absolute Gasteiger partial charge is 0.387 e. The number of aromatic amines is 1. The lowest BCUT2D eigenvalue weighted by Gasteiger charge is -2.23. The zero-order chi connectivity index (χ0) is 21.2. The Balaban J connectivity index is 2.00. The minimum absolute atomic E-state index is 0.0648. The smallest absolute Gasteiger partial charge is 0.255 e. The molecule has 7 nitrogen and oxygen atoms in total. The van der Waals surface area contributed by atoms with Crippen molar-refractivity contribution in [2.75, 3.05) is 11.9 Å². The summed E-state index contributed by atoms with van der Waals surface area (Å²) in [4.78, 5) is 17.2. The van der Waals surface area contributed by atoms with Crippen LogP contribution in [0.1, 0.15) is 38.1 Å². The number of carbonyl (C=O) groups excluding carboxylic acids is 1. The summed E-state index contributed by atoms with van der Waals surface area (Å²) in [6.45, 7) is 6.38. The first-order valence-corrected chi connectivity index (χ1v) is 9.50. The lowest BCUT2D eigenvalue weighted by molar-refractivity contribution is -0.00177. The molecule has 3 rings (SSSR count). The third-order valence-corrected chi connectivity index (χ3v) is 4.59. The highest BCUT2D eigenvalue weighted by atomic mass is 19.1. The van der Waals surface area contributed by atoms with Crippen LogP contribution in [0.25, 0.3) is 22.0 Å². The maximum absolute atomic E-state index is 14.1. The number of nitrogens with zero attached hydrogens (tertiary/aromatic N) is 2. The number of aliphatic hydroxyl groups is 1. The summed E-state index contributed by atoms with van der Waals surface area (Å²) in [7, 11) is 0. The number of halogens is 1. The summed E-state index contributed by atoms with van der Waals surface area (Å²) >= 11 is 0. The van der Waals surface area contributed by atoms with Crippen LogP contribution in [0.5, 0.6) is 0 Å². The van der Waals surface area contributed by atoms with Gasteiger partial charge in [0.1, 0.15) is 6.17 Å². The van der Waals surface area contributed by atoms with Crippen LogP contribution in [0.4, 0.5) is 10.1 Å². The number of carbonyl (C=O) groups is 1. The fourth-order valence-corrected chi connectivity index (χ4v) is 2.92. The van der Waals surface area contributed by atoms with Gasteiger partial charge in [-0.25, -0.2) is 4.39 Å². The summed E-state index contributed by atoms with van der Waals surface area (Å²) in [6.07, 6.45) is 3.41. The average molecular weight is 399 g/mol. The van der Waals surface area contributed by atoms with Crippen molar-refractivity contribution in [2.45, 2.75) is 45.5 Å². The normalized spacial score (nSPS) is 12.9. The molecule has 2 heterocycles. The van der Waals surface area contributed by atoms with Crippen molar-refractivity contribution in [3.8, 4) is 11.1 Å². The minimum Gasteiger partial charge on any atom is -0.387 e. The predicted octanol–water partition coefficient (Wildman–Crippen LogP) is 3.28. The molecular formula is C21H26FN5O2. The molecule has 29 heavy (non-hydrogen) atoms. The maximum atomic E-state index is 14.1. The van der Waals surface area contributed by atoms with Crippen LogP contribution in [-0.2, 0) is 0 Å². The highest BCUT2D eigenvalue weighted by Crippen LogP contribution is 2.31. The number of pyridine rings is 1. The summed E-state index contributed by atoms with van der Waals surface area (Å²) in [5, 5.41) is 23.2. The first-order chi connectivity index (χ1) is 13.7. The number of amides is 1. The number of nitrogens with one attached hydrogen (secondary N) is 3. The molecule has 0 bridgehead atoms. The van der Waals surface area contributed by atoms with E-state index in [0.717, 1.165) is 22.0 Å². The zero-order valence-corrected chi connectivity index (χ0v) is 17.0. The average Bonchev–Trinajstić information content (AvgIpc) is 3.19. The zero-order valence-electron chi connectivity index (χ0n) is 17.0. The Labute approximate surface area is 168 Å². The molecule has 1 unspecified atom stereocenters. The Morgan fingerprint density at radius 3 is 2.66 bits per heavy atom. The van der Waals surface area contributed by atoms with Crippen molar-refractivity contribution in [1.29, 1.82) is 0 Å². The molecule has 0 aliphatic rings. The number of aromatic nitrogens is 3. The number of benzene rings is 1. The number of H-pyrrole nitrogens is 1. The molecule has 1 aromatic carbocycles. The Hall–Kier alpha value is -3.00. The van der Waals surface area contributed by atoms with Gasteiger partial charge >= 0.3 is 0 Å². The second kappa shape index (κ2) is 8.16. The molecule has 4 N–H and O–H groups in total. The lowest BCUT2D eigenvalue weighted by atomic mass is 10.0. The van der Waals surface area contributed by atoms with Crippen molar-refractivity contribution in [1.82, 2.24) is 20.5 Å². The molecule has 0 aliphatic carbocycles. The monoisotopic (exact) mass is 399 g/mol. The SMILES string of the molecule is CC(C)Nc1c(C(=O)NCC(F)C(C)(C)O)cnc2ccc(-c3cn[nH]c3)cc12. The quantitative estimate of drug-likeness (QED) is 0.488. The molecule has 154 valence electrons. The van der Waals surface area contributed by atoms with Crippen LogP contribution in [-0.4, -0.2) is 50.6 Å². The van der Waals surface area contributed by atoms with Crippen molar-refractivity contribution < 1.29 is 14.3 Å². The van der Waals surface area contributed by atoms with Crippen LogP contribution >= 0.6 is 0 Å². The van der Waals surface area contributed by atoms with Gasteiger partial charge in [0.15, 0.2) is 0 Å². The van der Waals surface area contributed by atoms with Crippen LogP contribution in [0.2, 0.25) is 0 Å². The van der Waals surface area contributed by atoms with E-state index >= 15 is 0 Å². The van der Waals surface area contributed by atoms with Gasteiger partial charge in [0.2, 0.25) is 0 Å². The lowest BCUT2D eigenvalue weighted by Crippen LogP contribution is -2.42. The van der Waals surface area contributed by atoms with Gasteiger partial charge in [0.05, 0.1) is 35.1 Å². The summed E-state index contributed by atoms with van der Waals surface area (Å²) in [5.74, 6) is -0.455. The Morgan fingerprint density at radius 1 is 1.28 bits per heavy atom. The molecule has 0 saturated heterocycles. The van der Waals surface area contributed by atoms with Crippen molar-refractivity contribution in [2.24, 2.45) is 0 Å². The summed E-state index contributed by atoms with van der Waals surface area (Å²) in [6, 6.07) is 5.84. The molecule has 0 aliphatic heterocycles. The van der Waals surface area contributed by atoms with Crippen LogP contribution in [0, 0.1) is 0 Å². The predicted molar refractivity (Wildman–Crippen MR) is 112 cm³/mol. The number of hydrogen-bond donors (Lipinski definition) is 4. The van der Waals surface area contributed by atoms with E-state index in [0.29, 0.717) is 11.3 Å². The molecule has 0 spiro atoms. The Morgan fingerprint density at radius 2 is 2.03 bits per heavy atom. The number of fused-ring (bicyclic) bond motifs is 1. The van der Waals surface area contributed by atoms with E-state index in [1.54, 1.807) is 12.4 Å². The van der Waals surface area contributed by atoms with E-state index in [4.69, 9.17) is 0 Å². The van der Waals surface area contributed by atoms with E-state index in [2.05, 4.69) is 25.8 Å². The summed E-state index contributed by atoms with van der Waals surface area (Å²) in [5.41, 5.74) is 2.00. The molecule has 0 fully saturated rings. The third-order valence-electron chi connectivity index (χ3n) is 4.59. The minimum atomic E-state index is -1.59. The molecule has 0 saturated carbocycles. The summed E-state index contributed by atoms with van der Waals surface area (Å²) < 4.78 is 14.1. The van der Waals surface area contributed by atoms with Gasteiger partial charge in [-0.05, 0) is 45.4 Å². The maximum Gasteiger partial charge on any atom is 0.255 e. The van der Waals surface area contributed by atoms with Gasteiger partial charge in [0, 0.05) is 29.4 Å². The van der Waals surface area contributed by atoms with Crippen LogP contribution in [0.3, 0.4) is 0 Å². The highest BCUT2D eigenvalue weighted by molar-refractivity contribution is 6.07. The van der Waals surface area contributed by atoms with E-state index in [1.807, 2.05) is 32.0 Å². The second-order valence-corrected chi connectivity index (χ2v) is 7.90. The molecule has 1 atom stereocenters. The van der Waals surface area contributed by atoms with E-state index < -0.39 is 17.7 Å². The second-order valence-electron chi connectivity index (χ2n) is 7.90. The molecule has 3 aromatic rings. The Kier molecular flexibility index (Phi) is 5.83. The molecule has 0 radical (unpaired) electrons. The number of anilines is 1. The van der Waals surface area contributed by atoms with Gasteiger partial charge in [-0.2, -0.15) is 5.10 Å². The highest BCUT2D eigenvalue weighted by Gasteiger charge is 2.27. The molecule has 8 heteroatoms. The van der Waals surface area contributed by atoms with E-state index in [9.17, 15) is 14.3 Å². The Bertz CT molecular complexity index is 996. The fraction of sp³-hybridized carbons (Fsp3) is 0.381. The number of alkyl halides is 1.